The number of rotatable bonds is 5. The summed E-state index contributed by atoms with van der Waals surface area (Å²) >= 11 is 2.59. The van der Waals surface area contributed by atoms with Crippen LogP contribution in [-0.4, -0.2) is 14.5 Å². The van der Waals surface area contributed by atoms with Gasteiger partial charge >= 0.3 is 0 Å². The van der Waals surface area contributed by atoms with E-state index in [1.54, 1.807) is 23.6 Å². The third-order valence-electron chi connectivity index (χ3n) is 4.02. The lowest BCUT2D eigenvalue weighted by Gasteiger charge is -2.12. The standard InChI is InChI=1S/C19H12FN3O3S2/c20-13-4-6-14(7-5-13)22-18(24)17-16(8-9-27-17)21-19(22)28-11-12-2-1-3-15(10-12)23(25)26/h1-10H,11H2. The molecular formula is C19H12FN3O3S2. The van der Waals surface area contributed by atoms with Crippen LogP contribution >= 0.6 is 23.1 Å². The van der Waals surface area contributed by atoms with Gasteiger partial charge in [0.15, 0.2) is 5.16 Å². The quantitative estimate of drug-likeness (QED) is 0.203. The minimum absolute atomic E-state index is 0.00951. The van der Waals surface area contributed by atoms with Gasteiger partial charge in [0.05, 0.1) is 16.1 Å². The van der Waals surface area contributed by atoms with Crippen molar-refractivity contribution in [3.8, 4) is 5.69 Å². The van der Waals surface area contributed by atoms with Gasteiger partial charge in [0.25, 0.3) is 11.2 Å². The zero-order valence-electron chi connectivity index (χ0n) is 14.2. The van der Waals surface area contributed by atoms with Crippen molar-refractivity contribution in [3.05, 3.63) is 91.8 Å². The van der Waals surface area contributed by atoms with Crippen molar-refractivity contribution in [2.24, 2.45) is 0 Å². The first-order valence-electron chi connectivity index (χ1n) is 8.15. The number of thiophene rings is 1. The fraction of sp³-hybridized carbons (Fsp3) is 0.0526. The van der Waals surface area contributed by atoms with Gasteiger partial charge in [-0.05, 0) is 41.3 Å². The van der Waals surface area contributed by atoms with Gasteiger partial charge in [-0.2, -0.15) is 0 Å². The Hall–Kier alpha value is -3.04. The number of non-ortho nitro benzene ring substituents is 1. The third-order valence-corrected chi connectivity index (χ3v) is 5.92. The normalized spacial score (nSPS) is 11.0. The summed E-state index contributed by atoms with van der Waals surface area (Å²) < 4.78 is 15.3. The van der Waals surface area contributed by atoms with Gasteiger partial charge in [0.2, 0.25) is 0 Å². The molecule has 28 heavy (non-hydrogen) atoms. The van der Waals surface area contributed by atoms with Crippen LogP contribution in [0, 0.1) is 15.9 Å². The fourth-order valence-electron chi connectivity index (χ4n) is 2.71. The lowest BCUT2D eigenvalue weighted by molar-refractivity contribution is -0.384. The Bertz CT molecular complexity index is 1240. The second-order valence-corrected chi connectivity index (χ2v) is 7.72. The zero-order chi connectivity index (χ0) is 19.7. The molecule has 9 heteroatoms. The summed E-state index contributed by atoms with van der Waals surface area (Å²) in [6.45, 7) is 0. The van der Waals surface area contributed by atoms with Crippen LogP contribution < -0.4 is 5.56 Å². The molecule has 140 valence electrons. The average molecular weight is 413 g/mol. The Morgan fingerprint density at radius 1 is 1.18 bits per heavy atom. The molecule has 0 aliphatic rings. The van der Waals surface area contributed by atoms with Crippen molar-refractivity contribution in [2.75, 3.05) is 0 Å². The number of benzene rings is 2. The summed E-state index contributed by atoms with van der Waals surface area (Å²) in [4.78, 5) is 28.1. The van der Waals surface area contributed by atoms with E-state index in [1.165, 1.54) is 64.1 Å². The molecule has 0 saturated heterocycles. The monoisotopic (exact) mass is 413 g/mol. The summed E-state index contributed by atoms with van der Waals surface area (Å²) in [7, 11) is 0. The highest BCUT2D eigenvalue weighted by atomic mass is 32.2. The molecule has 4 aromatic rings. The summed E-state index contributed by atoms with van der Waals surface area (Å²) in [5.41, 5.74) is 1.62. The Morgan fingerprint density at radius 3 is 2.71 bits per heavy atom. The van der Waals surface area contributed by atoms with Crippen molar-refractivity contribution in [1.82, 2.24) is 9.55 Å². The van der Waals surface area contributed by atoms with Gasteiger partial charge in [-0.25, -0.2) is 9.37 Å². The second-order valence-electron chi connectivity index (χ2n) is 5.86. The molecule has 0 unspecified atom stereocenters. The predicted octanol–water partition coefficient (Wildman–Crippen LogP) is 4.79. The highest BCUT2D eigenvalue weighted by Crippen LogP contribution is 2.27. The average Bonchev–Trinajstić information content (AvgIpc) is 3.17. The number of nitro benzene ring substituents is 1. The van der Waals surface area contributed by atoms with E-state index in [-0.39, 0.29) is 11.2 Å². The van der Waals surface area contributed by atoms with Crippen LogP contribution in [0.4, 0.5) is 10.1 Å². The van der Waals surface area contributed by atoms with Crippen LogP contribution in [0.3, 0.4) is 0 Å². The van der Waals surface area contributed by atoms with Gasteiger partial charge < -0.3 is 0 Å². The molecule has 0 saturated carbocycles. The van der Waals surface area contributed by atoms with Crippen molar-refractivity contribution in [1.29, 1.82) is 0 Å². The minimum atomic E-state index is -0.446. The maximum absolute atomic E-state index is 13.3. The first-order valence-corrected chi connectivity index (χ1v) is 10.0. The zero-order valence-corrected chi connectivity index (χ0v) is 15.9. The van der Waals surface area contributed by atoms with E-state index >= 15 is 0 Å². The summed E-state index contributed by atoms with van der Waals surface area (Å²) in [5, 5.41) is 13.2. The molecule has 0 atom stereocenters. The van der Waals surface area contributed by atoms with E-state index < -0.39 is 10.7 Å². The largest absolute Gasteiger partial charge is 0.276 e. The smallest absolute Gasteiger partial charge is 0.267 e. The molecule has 0 amide bonds. The molecule has 0 fully saturated rings. The number of aromatic nitrogens is 2. The van der Waals surface area contributed by atoms with Crippen LogP contribution in [-0.2, 0) is 5.75 Å². The Morgan fingerprint density at radius 2 is 1.96 bits per heavy atom. The molecule has 0 N–H and O–H groups in total. The summed E-state index contributed by atoms with van der Waals surface area (Å²) in [6.07, 6.45) is 0. The number of hydrogen-bond acceptors (Lipinski definition) is 6. The molecular weight excluding hydrogens is 401 g/mol. The number of fused-ring (bicyclic) bond motifs is 1. The SMILES string of the molecule is O=c1c2sccc2nc(SCc2cccc([N+](=O)[O-])c2)n1-c1ccc(F)cc1. The van der Waals surface area contributed by atoms with Gasteiger partial charge in [-0.3, -0.25) is 19.5 Å². The predicted molar refractivity (Wildman–Crippen MR) is 108 cm³/mol. The molecule has 4 rings (SSSR count). The lowest BCUT2D eigenvalue weighted by atomic mass is 10.2. The number of thioether (sulfide) groups is 1. The van der Waals surface area contributed by atoms with Crippen LogP contribution in [0.1, 0.15) is 5.56 Å². The highest BCUT2D eigenvalue weighted by molar-refractivity contribution is 7.98. The summed E-state index contributed by atoms with van der Waals surface area (Å²) in [6, 6.07) is 13.7. The van der Waals surface area contributed by atoms with Crippen molar-refractivity contribution in [3.63, 3.8) is 0 Å². The van der Waals surface area contributed by atoms with E-state index in [9.17, 15) is 19.3 Å². The van der Waals surface area contributed by atoms with Crippen molar-refractivity contribution >= 4 is 39.0 Å². The van der Waals surface area contributed by atoms with Gasteiger partial charge in [-0.15, -0.1) is 11.3 Å². The van der Waals surface area contributed by atoms with Gasteiger partial charge in [0.1, 0.15) is 10.5 Å². The van der Waals surface area contributed by atoms with E-state index in [2.05, 4.69) is 4.98 Å². The van der Waals surface area contributed by atoms with E-state index in [0.29, 0.717) is 26.8 Å². The molecule has 2 heterocycles. The fourth-order valence-corrected chi connectivity index (χ4v) is 4.43. The maximum atomic E-state index is 13.3. The molecule has 0 aliphatic carbocycles. The number of hydrogen-bond donors (Lipinski definition) is 0. The lowest BCUT2D eigenvalue weighted by Crippen LogP contribution is -2.20. The Kier molecular flexibility index (Phi) is 4.93. The van der Waals surface area contributed by atoms with Crippen LogP contribution in [0.25, 0.3) is 15.9 Å². The second kappa shape index (κ2) is 7.53. The van der Waals surface area contributed by atoms with Crippen LogP contribution in [0.15, 0.2) is 69.9 Å². The molecule has 6 nitrogen and oxygen atoms in total. The maximum Gasteiger partial charge on any atom is 0.276 e. The van der Waals surface area contributed by atoms with E-state index in [4.69, 9.17) is 0 Å². The molecule has 0 bridgehead atoms. The first kappa shape index (κ1) is 18.3. The number of nitrogens with zero attached hydrogens (tertiary/aromatic N) is 3. The van der Waals surface area contributed by atoms with Crippen LogP contribution in [0.2, 0.25) is 0 Å². The Labute approximate surface area is 166 Å². The highest BCUT2D eigenvalue weighted by Gasteiger charge is 2.15. The number of halogens is 1. The molecule has 0 radical (unpaired) electrons. The molecule has 0 spiro atoms. The summed E-state index contributed by atoms with van der Waals surface area (Å²) in [5.74, 6) is -0.00179. The Balaban J connectivity index is 1.76. The topological polar surface area (TPSA) is 78.0 Å². The van der Waals surface area contributed by atoms with Gasteiger partial charge in [-0.1, -0.05) is 23.9 Å². The number of nitro groups is 1. The van der Waals surface area contributed by atoms with Crippen molar-refractivity contribution in [2.45, 2.75) is 10.9 Å². The molecule has 2 aromatic carbocycles. The minimum Gasteiger partial charge on any atom is -0.267 e. The van der Waals surface area contributed by atoms with E-state index in [0.717, 1.165) is 5.56 Å². The van der Waals surface area contributed by atoms with Gasteiger partial charge in [0, 0.05) is 17.9 Å². The van der Waals surface area contributed by atoms with Crippen LogP contribution in [0.5, 0.6) is 0 Å². The van der Waals surface area contributed by atoms with Crippen molar-refractivity contribution < 1.29 is 9.31 Å². The third kappa shape index (κ3) is 3.54. The molecule has 2 aromatic heterocycles. The first-order chi connectivity index (χ1) is 13.5. The molecule has 0 aliphatic heterocycles. The van der Waals surface area contributed by atoms with E-state index in [1.807, 2.05) is 0 Å².